The quantitative estimate of drug-likeness (QED) is 0.701. The van der Waals surface area contributed by atoms with Crippen LogP contribution in [0.25, 0.3) is 0 Å². The van der Waals surface area contributed by atoms with Crippen molar-refractivity contribution in [2.45, 2.75) is 26.4 Å². The van der Waals surface area contributed by atoms with Crippen molar-refractivity contribution in [3.63, 3.8) is 0 Å². The second-order valence-corrected chi connectivity index (χ2v) is 4.93. The van der Waals surface area contributed by atoms with Gasteiger partial charge in [0.05, 0.1) is 13.2 Å². The van der Waals surface area contributed by atoms with Crippen LogP contribution in [-0.4, -0.2) is 45.1 Å². The largest absolute Gasteiger partial charge is 0.394 e. The van der Waals surface area contributed by atoms with E-state index < -0.39 is 0 Å². The molecule has 1 aromatic carbocycles. The summed E-state index contributed by atoms with van der Waals surface area (Å²) in [7, 11) is 3.72. The van der Waals surface area contributed by atoms with Crippen molar-refractivity contribution in [1.82, 2.24) is 5.32 Å². The normalized spacial score (nSPS) is 12.5. The number of aliphatic hydroxyl groups excluding tert-OH is 1. The zero-order valence-electron chi connectivity index (χ0n) is 12.4. The highest BCUT2D eigenvalue weighted by molar-refractivity contribution is 5.54. The van der Waals surface area contributed by atoms with E-state index in [0.29, 0.717) is 0 Å². The number of aliphatic hydroxyl groups is 1. The molecule has 0 saturated heterocycles. The molecule has 0 aliphatic carbocycles. The fourth-order valence-electron chi connectivity index (χ4n) is 1.99. The van der Waals surface area contributed by atoms with Gasteiger partial charge in [-0.1, -0.05) is 12.1 Å². The zero-order valence-corrected chi connectivity index (χ0v) is 12.4. The van der Waals surface area contributed by atoms with Gasteiger partial charge in [-0.15, -0.1) is 0 Å². The fraction of sp³-hybridized carbons (Fsp3) is 0.600. The van der Waals surface area contributed by atoms with Crippen molar-refractivity contribution < 1.29 is 9.84 Å². The lowest BCUT2D eigenvalue weighted by atomic mass is 10.1. The minimum Gasteiger partial charge on any atom is -0.394 e. The number of likely N-dealkylation sites (N-methyl/N-ethyl adjacent to an activating group) is 1. The van der Waals surface area contributed by atoms with Crippen LogP contribution in [0.15, 0.2) is 18.2 Å². The van der Waals surface area contributed by atoms with Crippen LogP contribution in [0.2, 0.25) is 0 Å². The van der Waals surface area contributed by atoms with E-state index in [1.807, 2.05) is 14.0 Å². The van der Waals surface area contributed by atoms with E-state index in [1.54, 1.807) is 7.11 Å². The summed E-state index contributed by atoms with van der Waals surface area (Å²) in [6, 6.07) is 6.57. The van der Waals surface area contributed by atoms with Crippen LogP contribution < -0.4 is 10.2 Å². The van der Waals surface area contributed by atoms with Crippen LogP contribution in [0.4, 0.5) is 5.69 Å². The Bertz CT molecular complexity index is 382. The molecule has 0 amide bonds. The highest BCUT2D eigenvalue weighted by Gasteiger charge is 2.11. The monoisotopic (exact) mass is 266 g/mol. The van der Waals surface area contributed by atoms with Crippen molar-refractivity contribution in [3.05, 3.63) is 29.3 Å². The fourth-order valence-corrected chi connectivity index (χ4v) is 1.99. The number of nitrogens with one attached hydrogen (secondary N) is 1. The Labute approximate surface area is 116 Å². The summed E-state index contributed by atoms with van der Waals surface area (Å²) in [5.74, 6) is 0. The van der Waals surface area contributed by atoms with Crippen molar-refractivity contribution in [1.29, 1.82) is 0 Å². The van der Waals surface area contributed by atoms with Crippen molar-refractivity contribution in [2.75, 3.05) is 38.8 Å². The lowest BCUT2D eigenvalue weighted by Crippen LogP contribution is -2.32. The van der Waals surface area contributed by atoms with Crippen LogP contribution in [0, 0.1) is 6.92 Å². The molecule has 0 radical (unpaired) electrons. The molecule has 2 N–H and O–H groups in total. The second kappa shape index (κ2) is 8.15. The van der Waals surface area contributed by atoms with Crippen molar-refractivity contribution >= 4 is 5.69 Å². The van der Waals surface area contributed by atoms with Gasteiger partial charge in [0.15, 0.2) is 0 Å². The van der Waals surface area contributed by atoms with Gasteiger partial charge in [-0.3, -0.25) is 0 Å². The predicted molar refractivity (Wildman–Crippen MR) is 79.7 cm³/mol. The average Bonchev–Trinajstić information content (AvgIpc) is 2.42. The van der Waals surface area contributed by atoms with Crippen molar-refractivity contribution in [3.8, 4) is 0 Å². The third kappa shape index (κ3) is 4.82. The summed E-state index contributed by atoms with van der Waals surface area (Å²) < 4.78 is 5.00. The van der Waals surface area contributed by atoms with E-state index in [0.717, 1.165) is 19.7 Å². The highest BCUT2D eigenvalue weighted by atomic mass is 16.5. The van der Waals surface area contributed by atoms with Crippen LogP contribution in [-0.2, 0) is 11.3 Å². The first-order valence-corrected chi connectivity index (χ1v) is 6.73. The topological polar surface area (TPSA) is 44.7 Å². The Kier molecular flexibility index (Phi) is 6.84. The Morgan fingerprint density at radius 2 is 2.16 bits per heavy atom. The molecule has 0 aromatic heterocycles. The Hall–Kier alpha value is -1.10. The molecule has 0 fully saturated rings. The first-order valence-electron chi connectivity index (χ1n) is 6.73. The lowest BCUT2D eigenvalue weighted by Gasteiger charge is -2.27. The third-order valence-electron chi connectivity index (χ3n) is 3.38. The van der Waals surface area contributed by atoms with E-state index in [4.69, 9.17) is 4.74 Å². The average molecular weight is 266 g/mol. The van der Waals surface area contributed by atoms with Gasteiger partial charge in [-0.2, -0.15) is 0 Å². The predicted octanol–water partition coefficient (Wildman–Crippen LogP) is 1.55. The second-order valence-electron chi connectivity index (χ2n) is 4.93. The molecule has 108 valence electrons. The first kappa shape index (κ1) is 16.0. The molecule has 4 heteroatoms. The van der Waals surface area contributed by atoms with Crippen LogP contribution >= 0.6 is 0 Å². The maximum Gasteiger partial charge on any atom is 0.0632 e. The molecule has 0 heterocycles. The molecular formula is C15H26N2O2. The van der Waals surface area contributed by atoms with Gasteiger partial charge in [0.1, 0.15) is 0 Å². The summed E-state index contributed by atoms with van der Waals surface area (Å²) >= 11 is 0. The number of anilines is 1. The number of aryl methyl sites for hydroxylation is 1. The molecule has 19 heavy (non-hydrogen) atoms. The SMILES string of the molecule is COCCNCc1ccc(N(C)C(C)CO)c(C)c1. The van der Waals surface area contributed by atoms with Gasteiger partial charge >= 0.3 is 0 Å². The number of methoxy groups -OCH3 is 1. The van der Waals surface area contributed by atoms with E-state index in [-0.39, 0.29) is 12.6 Å². The summed E-state index contributed by atoms with van der Waals surface area (Å²) in [5.41, 5.74) is 3.67. The number of rotatable bonds is 8. The maximum absolute atomic E-state index is 9.22. The highest BCUT2D eigenvalue weighted by Crippen LogP contribution is 2.21. The Balaban J connectivity index is 2.63. The number of ether oxygens (including phenoxy) is 1. The molecule has 0 spiro atoms. The molecule has 4 nitrogen and oxygen atoms in total. The van der Waals surface area contributed by atoms with Gasteiger partial charge in [0.2, 0.25) is 0 Å². The molecule has 1 aromatic rings. The lowest BCUT2D eigenvalue weighted by molar-refractivity contribution is 0.199. The summed E-state index contributed by atoms with van der Waals surface area (Å²) in [6.07, 6.45) is 0. The van der Waals surface area contributed by atoms with Crippen LogP contribution in [0.3, 0.4) is 0 Å². The molecule has 1 rings (SSSR count). The molecule has 0 aliphatic rings. The summed E-state index contributed by atoms with van der Waals surface area (Å²) in [5, 5.41) is 12.5. The van der Waals surface area contributed by atoms with E-state index in [9.17, 15) is 5.11 Å². The third-order valence-corrected chi connectivity index (χ3v) is 3.38. The molecule has 0 bridgehead atoms. The standard InChI is InChI=1S/C15H26N2O2/c1-12-9-14(10-16-7-8-19-4)5-6-15(12)17(3)13(2)11-18/h5-6,9,13,16,18H,7-8,10-11H2,1-4H3. The van der Waals surface area contributed by atoms with Gasteiger partial charge < -0.3 is 20.1 Å². The first-order chi connectivity index (χ1) is 9.10. The van der Waals surface area contributed by atoms with E-state index in [1.165, 1.54) is 16.8 Å². The number of hydrogen-bond acceptors (Lipinski definition) is 4. The molecule has 0 aliphatic heterocycles. The molecule has 0 saturated carbocycles. The van der Waals surface area contributed by atoms with Crippen molar-refractivity contribution in [2.24, 2.45) is 0 Å². The van der Waals surface area contributed by atoms with Gasteiger partial charge in [-0.05, 0) is 31.0 Å². The molecular weight excluding hydrogens is 240 g/mol. The van der Waals surface area contributed by atoms with Gasteiger partial charge in [-0.25, -0.2) is 0 Å². The van der Waals surface area contributed by atoms with E-state index >= 15 is 0 Å². The number of benzene rings is 1. The summed E-state index contributed by atoms with van der Waals surface area (Å²) in [6.45, 7) is 6.72. The Morgan fingerprint density at radius 1 is 1.42 bits per heavy atom. The number of nitrogens with zero attached hydrogens (tertiary/aromatic N) is 1. The zero-order chi connectivity index (χ0) is 14.3. The maximum atomic E-state index is 9.22. The Morgan fingerprint density at radius 3 is 2.74 bits per heavy atom. The van der Waals surface area contributed by atoms with E-state index in [2.05, 4.69) is 35.3 Å². The van der Waals surface area contributed by atoms with Gasteiger partial charge in [0, 0.05) is 39.0 Å². The minimum atomic E-state index is 0.129. The molecule has 1 atom stereocenters. The molecule has 1 unspecified atom stereocenters. The smallest absolute Gasteiger partial charge is 0.0632 e. The summed E-state index contributed by atoms with van der Waals surface area (Å²) in [4.78, 5) is 2.11. The number of hydrogen-bond donors (Lipinski definition) is 2. The minimum absolute atomic E-state index is 0.129. The van der Waals surface area contributed by atoms with Crippen LogP contribution in [0.5, 0.6) is 0 Å². The van der Waals surface area contributed by atoms with Crippen LogP contribution in [0.1, 0.15) is 18.1 Å². The van der Waals surface area contributed by atoms with Gasteiger partial charge in [0.25, 0.3) is 0 Å².